The Morgan fingerprint density at radius 1 is 0.756 bits per heavy atom. The average Bonchev–Trinajstić information content (AvgIpc) is 3.71. The quantitative estimate of drug-likeness (QED) is 0.123. The molecule has 45 heavy (non-hydrogen) atoms. The molecule has 0 fully saturated rings. The number of rotatable bonds is 14. The Balaban J connectivity index is 0.000000448. The summed E-state index contributed by atoms with van der Waals surface area (Å²) < 4.78 is 20.9. The molecular formula is C27H48ClN9O5S3. The van der Waals surface area contributed by atoms with E-state index in [-0.39, 0.29) is 48.3 Å². The molecule has 0 aliphatic heterocycles. The maximum atomic E-state index is 11.8. The smallest absolute Gasteiger partial charge is 0.408 e. The predicted octanol–water partition coefficient (Wildman–Crippen LogP) is 6.32. The number of carbonyl (C=O) groups excluding carboxylic acids is 1. The minimum absolute atomic E-state index is 0. The topological polar surface area (TPSA) is 207 Å². The Bertz CT molecular complexity index is 1210. The molecule has 0 aliphatic rings. The number of nitrogens with one attached hydrogen (secondary N) is 1. The molecule has 0 unspecified atom stereocenters. The number of ether oxygens (including phenoxy) is 1. The summed E-state index contributed by atoms with van der Waals surface area (Å²) in [5.41, 5.74) is 11.6. The zero-order valence-corrected chi connectivity index (χ0v) is 30.9. The van der Waals surface area contributed by atoms with Gasteiger partial charge in [0.25, 0.3) is 0 Å². The SMILES string of the molecule is CC(C)c1noc([C@@H](N)CSSC[C@H](N)c2nc(C(C)C)no2)n1.CSC[C@H](NC(=O)OC(C)(C)C)c1nc(C(C)C)no1.Cl. The minimum atomic E-state index is -0.536. The number of nitrogens with zero attached hydrogens (tertiary/aromatic N) is 6. The van der Waals surface area contributed by atoms with Crippen LogP contribution in [0.4, 0.5) is 4.79 Å². The molecule has 256 valence electrons. The van der Waals surface area contributed by atoms with Crippen molar-refractivity contribution in [3.05, 3.63) is 35.1 Å². The molecule has 0 radical (unpaired) electrons. The van der Waals surface area contributed by atoms with E-state index >= 15 is 0 Å². The van der Waals surface area contributed by atoms with Gasteiger partial charge in [0.2, 0.25) is 17.7 Å². The van der Waals surface area contributed by atoms with Crippen molar-refractivity contribution < 1.29 is 23.1 Å². The van der Waals surface area contributed by atoms with Gasteiger partial charge in [-0.15, -0.1) is 12.4 Å². The lowest BCUT2D eigenvalue weighted by Gasteiger charge is -2.21. The molecule has 0 aliphatic carbocycles. The first-order chi connectivity index (χ1) is 20.6. The Hall–Kier alpha value is -2.05. The molecule has 3 heterocycles. The second kappa shape index (κ2) is 19.6. The minimum Gasteiger partial charge on any atom is -0.444 e. The summed E-state index contributed by atoms with van der Waals surface area (Å²) in [7, 11) is 3.21. The fourth-order valence-corrected chi connectivity index (χ4v) is 5.85. The van der Waals surface area contributed by atoms with Crippen molar-refractivity contribution in [2.45, 2.75) is 104 Å². The van der Waals surface area contributed by atoms with E-state index in [2.05, 4.69) is 35.7 Å². The molecule has 1 amide bonds. The van der Waals surface area contributed by atoms with Crippen molar-refractivity contribution in [2.24, 2.45) is 11.5 Å². The van der Waals surface area contributed by atoms with Crippen LogP contribution in [-0.4, -0.2) is 65.6 Å². The monoisotopic (exact) mass is 709 g/mol. The summed E-state index contributed by atoms with van der Waals surface area (Å²) in [5, 5.41) is 14.5. The van der Waals surface area contributed by atoms with Crippen molar-refractivity contribution in [1.29, 1.82) is 0 Å². The molecule has 0 saturated carbocycles. The highest BCUT2D eigenvalue weighted by molar-refractivity contribution is 8.76. The van der Waals surface area contributed by atoms with Crippen LogP contribution in [-0.2, 0) is 4.74 Å². The van der Waals surface area contributed by atoms with Gasteiger partial charge in [0.1, 0.15) is 11.6 Å². The van der Waals surface area contributed by atoms with Crippen molar-refractivity contribution in [2.75, 3.05) is 23.5 Å². The summed E-state index contributed by atoms with van der Waals surface area (Å²) in [4.78, 5) is 24.8. The lowest BCUT2D eigenvalue weighted by Crippen LogP contribution is -2.36. The van der Waals surface area contributed by atoms with Crippen LogP contribution in [0.5, 0.6) is 0 Å². The van der Waals surface area contributed by atoms with Crippen LogP contribution in [0.15, 0.2) is 13.6 Å². The van der Waals surface area contributed by atoms with E-state index in [1.165, 1.54) is 0 Å². The van der Waals surface area contributed by atoms with E-state index in [1.807, 2.05) is 68.6 Å². The van der Waals surface area contributed by atoms with Gasteiger partial charge >= 0.3 is 6.09 Å². The second-order valence-corrected chi connectivity index (χ2v) is 15.3. The third-order valence-electron chi connectivity index (χ3n) is 5.46. The van der Waals surface area contributed by atoms with Gasteiger partial charge in [-0.3, -0.25) is 0 Å². The fraction of sp³-hybridized carbons (Fsp3) is 0.741. The Kier molecular flexibility index (Phi) is 17.8. The molecule has 5 N–H and O–H groups in total. The first kappa shape index (κ1) is 41.0. The number of alkyl carbamates (subject to hydrolysis) is 1. The number of halogens is 1. The highest BCUT2D eigenvalue weighted by Gasteiger charge is 2.25. The fourth-order valence-electron chi connectivity index (χ4n) is 3.06. The van der Waals surface area contributed by atoms with Crippen LogP contribution in [0.2, 0.25) is 0 Å². The van der Waals surface area contributed by atoms with Gasteiger partial charge in [-0.1, -0.05) is 78.6 Å². The van der Waals surface area contributed by atoms with Crippen LogP contribution < -0.4 is 16.8 Å². The summed E-state index contributed by atoms with van der Waals surface area (Å²) in [6.45, 7) is 17.5. The summed E-state index contributed by atoms with van der Waals surface area (Å²) in [6.07, 6.45) is 1.46. The van der Waals surface area contributed by atoms with Crippen molar-refractivity contribution in [1.82, 2.24) is 35.7 Å². The van der Waals surface area contributed by atoms with Gasteiger partial charge in [0.05, 0.1) is 12.1 Å². The molecule has 3 atom stereocenters. The number of hydrogen-bond donors (Lipinski definition) is 3. The van der Waals surface area contributed by atoms with Crippen LogP contribution in [0.25, 0.3) is 0 Å². The zero-order chi connectivity index (χ0) is 33.0. The summed E-state index contributed by atoms with van der Waals surface area (Å²) in [6, 6.07) is -0.941. The van der Waals surface area contributed by atoms with Gasteiger partial charge in [-0.05, 0) is 27.0 Å². The largest absolute Gasteiger partial charge is 0.444 e. The standard InChI is InChI=1S/C14H24N6O2S2.C13H23N3O3S.ClH/c1-7(2)11-17-13(21-19-11)9(15)5-23-24-6-10(16)14-18-12(8(3)4)20-22-14;1-8(2)10-15-11(19-16-10)9(7-20-6)14-12(17)18-13(3,4)5;/h7-10H,5-6,15-16H2,1-4H3;8-9H,7H2,1-6H3,(H,14,17);1H/t9-,10-;9-;/m00./s1. The maximum absolute atomic E-state index is 11.8. The molecular weight excluding hydrogens is 662 g/mol. The number of thioether (sulfide) groups is 1. The van der Waals surface area contributed by atoms with E-state index in [9.17, 15) is 4.79 Å². The lowest BCUT2D eigenvalue weighted by molar-refractivity contribution is 0.0500. The number of carbonyl (C=O) groups is 1. The Morgan fingerprint density at radius 2 is 1.13 bits per heavy atom. The van der Waals surface area contributed by atoms with Crippen LogP contribution in [0, 0.1) is 0 Å². The number of nitrogens with two attached hydrogens (primary N) is 2. The van der Waals surface area contributed by atoms with E-state index in [0.29, 0.717) is 52.4 Å². The third kappa shape index (κ3) is 14.5. The number of aromatic nitrogens is 6. The lowest BCUT2D eigenvalue weighted by atomic mass is 10.2. The third-order valence-corrected chi connectivity index (χ3v) is 8.60. The molecule has 3 aromatic heterocycles. The molecule has 0 bridgehead atoms. The zero-order valence-electron chi connectivity index (χ0n) is 27.6. The van der Waals surface area contributed by atoms with Crippen LogP contribution >= 0.6 is 45.8 Å². The highest BCUT2D eigenvalue weighted by atomic mass is 35.5. The van der Waals surface area contributed by atoms with Gasteiger partial charge in [0.15, 0.2) is 17.5 Å². The molecule has 14 nitrogen and oxygen atoms in total. The van der Waals surface area contributed by atoms with Gasteiger partial charge < -0.3 is 35.1 Å². The van der Waals surface area contributed by atoms with E-state index < -0.39 is 11.7 Å². The summed E-state index contributed by atoms with van der Waals surface area (Å²) >= 11 is 1.58. The normalized spacial score (nSPS) is 13.7. The highest BCUT2D eigenvalue weighted by Crippen LogP contribution is 2.29. The van der Waals surface area contributed by atoms with E-state index in [4.69, 9.17) is 29.8 Å². The molecule has 3 rings (SSSR count). The first-order valence-corrected chi connectivity index (χ1v) is 18.2. The molecule has 0 spiro atoms. The van der Waals surface area contributed by atoms with E-state index in [0.717, 1.165) is 0 Å². The Labute approximate surface area is 283 Å². The average molecular weight is 710 g/mol. The predicted molar refractivity (Wildman–Crippen MR) is 182 cm³/mol. The first-order valence-electron chi connectivity index (χ1n) is 14.4. The number of hydrogen-bond acceptors (Lipinski definition) is 16. The Morgan fingerprint density at radius 3 is 1.47 bits per heavy atom. The van der Waals surface area contributed by atoms with Gasteiger partial charge in [0, 0.05) is 35.0 Å². The molecule has 0 aromatic carbocycles. The van der Waals surface area contributed by atoms with Crippen LogP contribution in [0.1, 0.15) is 133 Å². The summed E-state index contributed by atoms with van der Waals surface area (Å²) in [5.74, 6) is 5.91. The van der Waals surface area contributed by atoms with Gasteiger partial charge in [-0.2, -0.15) is 26.7 Å². The van der Waals surface area contributed by atoms with Crippen molar-refractivity contribution >= 4 is 51.8 Å². The molecule has 0 saturated heterocycles. The van der Waals surface area contributed by atoms with Gasteiger partial charge in [-0.25, -0.2) is 4.79 Å². The molecule has 3 aromatic rings. The van der Waals surface area contributed by atoms with Crippen molar-refractivity contribution in [3.8, 4) is 0 Å². The molecule has 18 heteroatoms. The van der Waals surface area contributed by atoms with Crippen molar-refractivity contribution in [3.63, 3.8) is 0 Å². The van der Waals surface area contributed by atoms with E-state index in [1.54, 1.807) is 33.3 Å². The van der Waals surface area contributed by atoms with Crippen LogP contribution in [0.3, 0.4) is 0 Å². The number of amides is 1. The second-order valence-electron chi connectivity index (χ2n) is 11.9. The maximum Gasteiger partial charge on any atom is 0.408 e.